The normalized spacial score (nSPS) is 14.8. The SMILES string of the molecule is COCOC(=O)CCC(=O)ON1C(=O)CCC1=O. The van der Waals surface area contributed by atoms with Crippen molar-refractivity contribution in [3.8, 4) is 0 Å². The molecule has 0 atom stereocenters. The summed E-state index contributed by atoms with van der Waals surface area (Å²) in [6, 6.07) is 0. The Bertz CT molecular complexity index is 349. The van der Waals surface area contributed by atoms with Crippen molar-refractivity contribution < 1.29 is 33.5 Å². The first-order valence-electron chi connectivity index (χ1n) is 5.25. The van der Waals surface area contributed by atoms with Gasteiger partial charge in [0, 0.05) is 20.0 Å². The highest BCUT2D eigenvalue weighted by atomic mass is 16.7. The third-order valence-electron chi connectivity index (χ3n) is 2.07. The lowest BCUT2D eigenvalue weighted by molar-refractivity contribution is -0.197. The molecule has 1 aliphatic heterocycles. The molecule has 1 rings (SSSR count). The molecule has 1 fully saturated rings. The fourth-order valence-electron chi connectivity index (χ4n) is 1.21. The number of carbonyl (C=O) groups is 4. The van der Waals surface area contributed by atoms with Crippen LogP contribution in [0.4, 0.5) is 0 Å². The average Bonchev–Trinajstić information content (AvgIpc) is 2.65. The molecule has 18 heavy (non-hydrogen) atoms. The first-order chi connectivity index (χ1) is 8.54. The molecule has 0 spiro atoms. The maximum Gasteiger partial charge on any atom is 0.333 e. The first-order valence-corrected chi connectivity index (χ1v) is 5.25. The fraction of sp³-hybridized carbons (Fsp3) is 0.600. The quantitative estimate of drug-likeness (QED) is 0.361. The van der Waals surface area contributed by atoms with Gasteiger partial charge < -0.3 is 14.3 Å². The largest absolute Gasteiger partial charge is 0.438 e. The van der Waals surface area contributed by atoms with Crippen LogP contribution in [-0.2, 0) is 33.5 Å². The number of esters is 1. The van der Waals surface area contributed by atoms with Crippen LogP contribution in [0.3, 0.4) is 0 Å². The Kier molecular flexibility index (Phi) is 5.25. The van der Waals surface area contributed by atoms with E-state index in [1.807, 2.05) is 0 Å². The number of nitrogens with zero attached hydrogens (tertiary/aromatic N) is 1. The number of hydrogen-bond donors (Lipinski definition) is 0. The van der Waals surface area contributed by atoms with Crippen molar-refractivity contribution in [2.75, 3.05) is 13.9 Å². The topological polar surface area (TPSA) is 99.2 Å². The van der Waals surface area contributed by atoms with E-state index < -0.39 is 23.8 Å². The molecule has 2 amide bonds. The molecule has 0 aliphatic carbocycles. The van der Waals surface area contributed by atoms with Crippen LogP contribution in [0.1, 0.15) is 25.7 Å². The highest BCUT2D eigenvalue weighted by Gasteiger charge is 2.32. The van der Waals surface area contributed by atoms with Crippen molar-refractivity contribution in [3.63, 3.8) is 0 Å². The standard InChI is InChI=1S/C10H13NO7/c1-16-6-17-9(14)4-5-10(15)18-11-7(12)2-3-8(11)13/h2-6H2,1H3. The Labute approximate surface area is 103 Å². The summed E-state index contributed by atoms with van der Waals surface area (Å²) in [5, 5.41) is 0.433. The lowest BCUT2D eigenvalue weighted by atomic mass is 10.3. The highest BCUT2D eigenvalue weighted by Crippen LogP contribution is 2.12. The van der Waals surface area contributed by atoms with Gasteiger partial charge in [-0.2, -0.15) is 0 Å². The van der Waals surface area contributed by atoms with E-state index in [9.17, 15) is 19.2 Å². The summed E-state index contributed by atoms with van der Waals surface area (Å²) >= 11 is 0. The summed E-state index contributed by atoms with van der Waals surface area (Å²) in [6.07, 6.45) is -0.429. The molecule has 0 saturated carbocycles. The Morgan fingerprint density at radius 1 is 1.11 bits per heavy atom. The smallest absolute Gasteiger partial charge is 0.333 e. The molecule has 100 valence electrons. The van der Waals surface area contributed by atoms with Gasteiger partial charge in [0.1, 0.15) is 0 Å². The molecule has 0 aromatic heterocycles. The zero-order chi connectivity index (χ0) is 13.5. The molecule has 0 bridgehead atoms. The Balaban J connectivity index is 2.27. The third-order valence-corrected chi connectivity index (χ3v) is 2.07. The zero-order valence-corrected chi connectivity index (χ0v) is 9.84. The molecule has 1 heterocycles. The van der Waals surface area contributed by atoms with Crippen LogP contribution < -0.4 is 0 Å². The number of methoxy groups -OCH3 is 1. The van der Waals surface area contributed by atoms with Crippen LogP contribution in [0.2, 0.25) is 0 Å². The maximum atomic E-state index is 11.3. The van der Waals surface area contributed by atoms with Gasteiger partial charge in [-0.15, -0.1) is 5.06 Å². The van der Waals surface area contributed by atoms with Crippen molar-refractivity contribution in [2.45, 2.75) is 25.7 Å². The number of rotatable bonds is 6. The van der Waals surface area contributed by atoms with Gasteiger partial charge in [0.2, 0.25) is 0 Å². The van der Waals surface area contributed by atoms with E-state index >= 15 is 0 Å². The summed E-state index contributed by atoms with van der Waals surface area (Å²) < 4.78 is 9.04. The maximum absolute atomic E-state index is 11.3. The van der Waals surface area contributed by atoms with Gasteiger partial charge in [0.25, 0.3) is 11.8 Å². The molecule has 0 aromatic carbocycles. The Hall–Kier alpha value is -1.96. The van der Waals surface area contributed by atoms with Crippen molar-refractivity contribution in [1.82, 2.24) is 5.06 Å². The molecule has 1 saturated heterocycles. The molecule has 8 heteroatoms. The Morgan fingerprint density at radius 2 is 1.67 bits per heavy atom. The lowest BCUT2D eigenvalue weighted by Crippen LogP contribution is -2.32. The second-order valence-electron chi connectivity index (χ2n) is 3.47. The molecule has 1 aliphatic rings. The van der Waals surface area contributed by atoms with E-state index in [0.29, 0.717) is 5.06 Å². The van der Waals surface area contributed by atoms with Crippen LogP contribution in [0.25, 0.3) is 0 Å². The zero-order valence-electron chi connectivity index (χ0n) is 9.84. The van der Waals surface area contributed by atoms with Gasteiger partial charge in [-0.1, -0.05) is 0 Å². The first kappa shape index (κ1) is 14.1. The molecule has 8 nitrogen and oxygen atoms in total. The predicted molar refractivity (Wildman–Crippen MR) is 54.4 cm³/mol. The van der Waals surface area contributed by atoms with Crippen LogP contribution >= 0.6 is 0 Å². The third kappa shape index (κ3) is 4.13. The minimum absolute atomic E-state index is 0.0298. The summed E-state index contributed by atoms with van der Waals surface area (Å²) in [6.45, 7) is -0.197. The summed E-state index contributed by atoms with van der Waals surface area (Å²) in [4.78, 5) is 49.1. The number of imide groups is 1. The molecule has 0 radical (unpaired) electrons. The van der Waals surface area contributed by atoms with Crippen molar-refractivity contribution in [1.29, 1.82) is 0 Å². The summed E-state index contributed by atoms with van der Waals surface area (Å²) in [5.41, 5.74) is 0. The number of carbonyl (C=O) groups excluding carboxylic acids is 4. The van der Waals surface area contributed by atoms with E-state index in [1.54, 1.807) is 0 Å². The molecule has 0 aromatic rings. The number of hydrogen-bond acceptors (Lipinski definition) is 7. The minimum Gasteiger partial charge on any atom is -0.438 e. The predicted octanol–water partition coefficient (Wildman–Crippen LogP) is -0.479. The van der Waals surface area contributed by atoms with E-state index in [2.05, 4.69) is 14.3 Å². The van der Waals surface area contributed by atoms with E-state index in [0.717, 1.165) is 0 Å². The number of hydroxylamine groups is 2. The molecular weight excluding hydrogens is 246 g/mol. The number of ether oxygens (including phenoxy) is 2. The van der Waals surface area contributed by atoms with Crippen molar-refractivity contribution in [3.05, 3.63) is 0 Å². The van der Waals surface area contributed by atoms with E-state index in [-0.39, 0.29) is 32.5 Å². The molecular formula is C10H13NO7. The summed E-state index contributed by atoms with van der Waals surface area (Å²) in [5.74, 6) is -2.59. The van der Waals surface area contributed by atoms with Crippen LogP contribution in [0, 0.1) is 0 Å². The average molecular weight is 259 g/mol. The van der Waals surface area contributed by atoms with Gasteiger partial charge >= 0.3 is 11.9 Å². The van der Waals surface area contributed by atoms with Gasteiger partial charge in [-0.25, -0.2) is 4.79 Å². The number of amides is 2. The molecule has 0 unspecified atom stereocenters. The van der Waals surface area contributed by atoms with Gasteiger partial charge in [0.15, 0.2) is 6.79 Å². The second-order valence-corrected chi connectivity index (χ2v) is 3.47. The van der Waals surface area contributed by atoms with Crippen molar-refractivity contribution >= 4 is 23.8 Å². The monoisotopic (exact) mass is 259 g/mol. The summed E-state index contributed by atoms with van der Waals surface area (Å²) in [7, 11) is 1.35. The van der Waals surface area contributed by atoms with Crippen LogP contribution in [-0.4, -0.2) is 42.7 Å². The minimum atomic E-state index is -0.840. The highest BCUT2D eigenvalue weighted by molar-refractivity contribution is 6.01. The van der Waals surface area contributed by atoms with E-state index in [4.69, 9.17) is 0 Å². The Morgan fingerprint density at radius 3 is 2.22 bits per heavy atom. The lowest BCUT2D eigenvalue weighted by Gasteiger charge is -2.12. The molecule has 0 N–H and O–H groups in total. The van der Waals surface area contributed by atoms with Crippen molar-refractivity contribution in [2.24, 2.45) is 0 Å². The van der Waals surface area contributed by atoms with Crippen LogP contribution in [0.5, 0.6) is 0 Å². The van der Waals surface area contributed by atoms with E-state index in [1.165, 1.54) is 7.11 Å². The van der Waals surface area contributed by atoms with Gasteiger partial charge in [0.05, 0.1) is 12.8 Å². The van der Waals surface area contributed by atoms with Crippen LogP contribution in [0.15, 0.2) is 0 Å². The fourth-order valence-corrected chi connectivity index (χ4v) is 1.21. The second kappa shape index (κ2) is 6.70. The van der Waals surface area contributed by atoms with Gasteiger partial charge in [-0.3, -0.25) is 14.4 Å². The van der Waals surface area contributed by atoms with Gasteiger partial charge in [-0.05, 0) is 0 Å².